The minimum atomic E-state index is -0.188. The Morgan fingerprint density at radius 3 is 2.16 bits per heavy atom. The van der Waals surface area contributed by atoms with Crippen molar-refractivity contribution < 1.29 is 9.59 Å². The lowest BCUT2D eigenvalue weighted by Crippen LogP contribution is -2.27. The molecule has 1 aromatic heterocycles. The molecule has 0 aliphatic rings. The topological polar surface area (TPSA) is 62.0 Å². The van der Waals surface area contributed by atoms with Crippen LogP contribution in [0.2, 0.25) is 0 Å². The van der Waals surface area contributed by atoms with E-state index >= 15 is 0 Å². The van der Waals surface area contributed by atoms with E-state index in [9.17, 15) is 9.59 Å². The highest BCUT2D eigenvalue weighted by Crippen LogP contribution is 2.20. The number of aromatic amines is 1. The Bertz CT molecular complexity index is 770. The summed E-state index contributed by atoms with van der Waals surface area (Å²) < 4.78 is 0. The van der Waals surface area contributed by atoms with Gasteiger partial charge in [-0.05, 0) is 56.7 Å². The summed E-state index contributed by atoms with van der Waals surface area (Å²) in [5.74, 6) is 0.406. The van der Waals surface area contributed by atoms with Crippen molar-refractivity contribution in [3.63, 3.8) is 0 Å². The third kappa shape index (κ3) is 4.38. The van der Waals surface area contributed by atoms with Crippen LogP contribution in [0.15, 0.2) is 24.3 Å². The number of aromatic nitrogens is 1. The van der Waals surface area contributed by atoms with Crippen LogP contribution in [-0.4, -0.2) is 16.7 Å². The molecule has 2 aromatic rings. The minimum absolute atomic E-state index is 0.0286. The summed E-state index contributed by atoms with van der Waals surface area (Å²) in [6, 6.07) is 8.27. The molecule has 2 N–H and O–H groups in total. The van der Waals surface area contributed by atoms with Crippen LogP contribution in [0.3, 0.4) is 0 Å². The van der Waals surface area contributed by atoms with E-state index in [-0.39, 0.29) is 17.7 Å². The average molecular weight is 340 g/mol. The molecule has 1 amide bonds. The lowest BCUT2D eigenvalue weighted by atomic mass is 10.00. The Labute approximate surface area is 150 Å². The van der Waals surface area contributed by atoms with Crippen LogP contribution in [0.25, 0.3) is 0 Å². The van der Waals surface area contributed by atoms with Gasteiger partial charge in [0.1, 0.15) is 5.69 Å². The predicted octanol–water partition coefficient (Wildman–Crippen LogP) is 4.52. The van der Waals surface area contributed by atoms with E-state index < -0.39 is 0 Å². The Kier molecular flexibility index (Phi) is 5.83. The maximum atomic E-state index is 12.6. The fourth-order valence-corrected chi connectivity index (χ4v) is 3.27. The number of H-pyrrole nitrogens is 1. The molecule has 0 fully saturated rings. The highest BCUT2D eigenvalue weighted by Gasteiger charge is 2.21. The van der Waals surface area contributed by atoms with Gasteiger partial charge in [0.05, 0.1) is 6.04 Å². The van der Waals surface area contributed by atoms with Gasteiger partial charge in [0.25, 0.3) is 5.91 Å². The second-order valence-electron chi connectivity index (χ2n) is 7.22. The maximum Gasteiger partial charge on any atom is 0.268 e. The third-order valence-electron chi connectivity index (χ3n) is 4.49. The fraction of sp³-hybridized carbons (Fsp3) is 0.429. The molecule has 1 heterocycles. The van der Waals surface area contributed by atoms with Crippen molar-refractivity contribution in [1.29, 1.82) is 0 Å². The van der Waals surface area contributed by atoms with Crippen LogP contribution in [0.5, 0.6) is 0 Å². The number of hydrogen-bond donors (Lipinski definition) is 2. The summed E-state index contributed by atoms with van der Waals surface area (Å²) in [5, 5.41) is 3.01. The quantitative estimate of drug-likeness (QED) is 0.759. The molecule has 25 heavy (non-hydrogen) atoms. The van der Waals surface area contributed by atoms with Gasteiger partial charge in [-0.2, -0.15) is 0 Å². The summed E-state index contributed by atoms with van der Waals surface area (Å²) in [6.45, 7) is 11.5. The number of aryl methyl sites for hydroxylation is 1. The van der Waals surface area contributed by atoms with Crippen molar-refractivity contribution in [2.24, 2.45) is 5.92 Å². The lowest BCUT2D eigenvalue weighted by molar-refractivity contribution is 0.0934. The molecule has 0 spiro atoms. The first kappa shape index (κ1) is 19.0. The fourth-order valence-electron chi connectivity index (χ4n) is 3.27. The van der Waals surface area contributed by atoms with Gasteiger partial charge in [0.2, 0.25) is 0 Å². The molecule has 134 valence electrons. The van der Waals surface area contributed by atoms with Gasteiger partial charge in [-0.1, -0.05) is 38.1 Å². The van der Waals surface area contributed by atoms with E-state index in [1.165, 1.54) is 12.5 Å². The number of carbonyl (C=O) groups excluding carboxylic acids is 2. The molecule has 0 bridgehead atoms. The van der Waals surface area contributed by atoms with Gasteiger partial charge in [-0.3, -0.25) is 9.59 Å². The number of Topliss-reactive ketones (excluding diaryl/α,β-unsaturated/α-hetero) is 1. The van der Waals surface area contributed by atoms with Crippen LogP contribution in [-0.2, 0) is 6.42 Å². The largest absolute Gasteiger partial charge is 0.354 e. The molecule has 0 radical (unpaired) electrons. The van der Waals surface area contributed by atoms with E-state index in [2.05, 4.69) is 48.4 Å². The van der Waals surface area contributed by atoms with E-state index in [1.54, 1.807) is 6.92 Å². The highest BCUT2D eigenvalue weighted by atomic mass is 16.2. The number of hydrogen-bond acceptors (Lipinski definition) is 2. The Balaban J connectivity index is 2.12. The second-order valence-corrected chi connectivity index (χ2v) is 7.22. The summed E-state index contributed by atoms with van der Waals surface area (Å²) >= 11 is 0. The smallest absolute Gasteiger partial charge is 0.268 e. The van der Waals surface area contributed by atoms with Crippen LogP contribution >= 0.6 is 0 Å². The van der Waals surface area contributed by atoms with Gasteiger partial charge < -0.3 is 10.3 Å². The monoisotopic (exact) mass is 340 g/mol. The molecule has 4 heteroatoms. The minimum Gasteiger partial charge on any atom is -0.354 e. The molecule has 0 saturated heterocycles. The van der Waals surface area contributed by atoms with E-state index in [0.717, 1.165) is 17.7 Å². The Morgan fingerprint density at radius 2 is 1.68 bits per heavy atom. The van der Waals surface area contributed by atoms with Crippen molar-refractivity contribution in [2.75, 3.05) is 0 Å². The molecule has 1 atom stereocenters. The number of carbonyl (C=O) groups is 2. The summed E-state index contributed by atoms with van der Waals surface area (Å²) in [7, 11) is 0. The predicted molar refractivity (Wildman–Crippen MR) is 101 cm³/mol. The van der Waals surface area contributed by atoms with Crippen molar-refractivity contribution >= 4 is 11.7 Å². The van der Waals surface area contributed by atoms with Crippen molar-refractivity contribution in [1.82, 2.24) is 10.3 Å². The number of benzene rings is 1. The van der Waals surface area contributed by atoms with E-state index in [1.807, 2.05) is 13.8 Å². The molecule has 0 aliphatic carbocycles. The van der Waals surface area contributed by atoms with E-state index in [0.29, 0.717) is 22.7 Å². The van der Waals surface area contributed by atoms with Crippen molar-refractivity contribution in [3.05, 3.63) is 57.9 Å². The zero-order chi connectivity index (χ0) is 18.7. The number of rotatable bonds is 6. The van der Waals surface area contributed by atoms with Crippen molar-refractivity contribution in [3.8, 4) is 0 Å². The second kappa shape index (κ2) is 7.68. The van der Waals surface area contributed by atoms with E-state index in [4.69, 9.17) is 0 Å². The summed E-state index contributed by atoms with van der Waals surface area (Å²) in [4.78, 5) is 27.4. The molecular weight excluding hydrogens is 312 g/mol. The normalized spacial score (nSPS) is 12.3. The molecule has 1 unspecified atom stereocenters. The van der Waals surface area contributed by atoms with Gasteiger partial charge in [-0.25, -0.2) is 0 Å². The van der Waals surface area contributed by atoms with Crippen molar-refractivity contribution in [2.45, 2.75) is 54.0 Å². The first-order valence-corrected chi connectivity index (χ1v) is 8.80. The molecule has 0 aliphatic heterocycles. The molecule has 1 aromatic carbocycles. The van der Waals surface area contributed by atoms with Crippen LogP contribution in [0.4, 0.5) is 0 Å². The summed E-state index contributed by atoms with van der Waals surface area (Å²) in [6.07, 6.45) is 1.05. The average Bonchev–Trinajstić information content (AvgIpc) is 2.82. The zero-order valence-corrected chi connectivity index (χ0v) is 16.0. The number of ketones is 1. The third-order valence-corrected chi connectivity index (χ3v) is 4.49. The SMILES string of the molecule is CC(=O)c1c(C)[nH]c(C(=O)NC(C)c2ccc(CC(C)C)cc2)c1C. The zero-order valence-electron chi connectivity index (χ0n) is 16.0. The first-order chi connectivity index (χ1) is 11.7. The number of nitrogens with one attached hydrogen (secondary N) is 2. The van der Waals surface area contributed by atoms with Crippen LogP contribution in [0, 0.1) is 19.8 Å². The van der Waals surface area contributed by atoms with Crippen LogP contribution in [0.1, 0.15) is 77.0 Å². The Morgan fingerprint density at radius 1 is 1.08 bits per heavy atom. The molecule has 2 rings (SSSR count). The molecular formula is C21H28N2O2. The van der Waals surface area contributed by atoms with Gasteiger partial charge in [0, 0.05) is 11.3 Å². The molecule has 0 saturated carbocycles. The highest BCUT2D eigenvalue weighted by molar-refractivity contribution is 6.02. The first-order valence-electron chi connectivity index (χ1n) is 8.80. The van der Waals surface area contributed by atoms with Gasteiger partial charge in [-0.15, -0.1) is 0 Å². The van der Waals surface area contributed by atoms with Gasteiger partial charge >= 0.3 is 0 Å². The lowest BCUT2D eigenvalue weighted by Gasteiger charge is -2.15. The number of amides is 1. The molecule has 4 nitrogen and oxygen atoms in total. The standard InChI is InChI=1S/C21H28N2O2/c1-12(2)11-17-7-9-18(10-8-17)14(4)23-21(25)20-13(3)19(16(6)24)15(5)22-20/h7-10,12,14,22H,11H2,1-6H3,(H,23,25). The summed E-state index contributed by atoms with van der Waals surface area (Å²) in [5.41, 5.74) is 4.89. The Hall–Kier alpha value is -2.36. The maximum absolute atomic E-state index is 12.6. The van der Waals surface area contributed by atoms with Crippen LogP contribution < -0.4 is 5.32 Å². The van der Waals surface area contributed by atoms with Gasteiger partial charge in [0.15, 0.2) is 5.78 Å².